The van der Waals surface area contributed by atoms with E-state index in [0.29, 0.717) is 6.04 Å². The lowest BCUT2D eigenvalue weighted by Crippen LogP contribution is -2.44. The van der Waals surface area contributed by atoms with Crippen LogP contribution >= 0.6 is 0 Å². The van der Waals surface area contributed by atoms with E-state index < -0.39 is 0 Å². The Bertz CT molecular complexity index is 379. The minimum absolute atomic E-state index is 0.000321. The van der Waals surface area contributed by atoms with E-state index in [1.807, 2.05) is 7.05 Å². The molecule has 0 aromatic rings. The van der Waals surface area contributed by atoms with Crippen LogP contribution in [-0.4, -0.2) is 72.3 Å². The van der Waals surface area contributed by atoms with Crippen LogP contribution in [0.3, 0.4) is 0 Å². The van der Waals surface area contributed by atoms with Gasteiger partial charge in [-0.15, -0.1) is 0 Å². The second-order valence-corrected chi connectivity index (χ2v) is 5.57. The molecular formula is C14H23N3O2. The van der Waals surface area contributed by atoms with Gasteiger partial charge in [0.2, 0.25) is 11.8 Å². The summed E-state index contributed by atoms with van der Waals surface area (Å²) in [6.45, 7) is 5.62. The fourth-order valence-electron chi connectivity index (χ4n) is 2.61. The largest absolute Gasteiger partial charge is 0.340 e. The molecular weight excluding hydrogens is 242 g/mol. The molecule has 1 atom stereocenters. The van der Waals surface area contributed by atoms with Crippen molar-refractivity contribution in [3.05, 3.63) is 12.7 Å². The average molecular weight is 265 g/mol. The maximum Gasteiger partial charge on any atom is 0.246 e. The van der Waals surface area contributed by atoms with Gasteiger partial charge in [0.1, 0.15) is 0 Å². The highest BCUT2D eigenvalue weighted by Crippen LogP contribution is 2.30. The second kappa shape index (κ2) is 5.74. The summed E-state index contributed by atoms with van der Waals surface area (Å²) in [4.78, 5) is 29.2. The number of nitrogens with zero attached hydrogens (tertiary/aromatic N) is 3. The molecule has 2 rings (SSSR count). The first-order valence-electron chi connectivity index (χ1n) is 6.90. The predicted molar refractivity (Wildman–Crippen MR) is 73.6 cm³/mol. The van der Waals surface area contributed by atoms with E-state index >= 15 is 0 Å². The van der Waals surface area contributed by atoms with Crippen molar-refractivity contribution in [2.45, 2.75) is 31.3 Å². The van der Waals surface area contributed by atoms with Gasteiger partial charge < -0.3 is 9.80 Å². The van der Waals surface area contributed by atoms with Crippen LogP contribution in [0.25, 0.3) is 0 Å². The molecule has 1 heterocycles. The number of rotatable bonds is 5. The van der Waals surface area contributed by atoms with Gasteiger partial charge in [0.05, 0.1) is 6.54 Å². The van der Waals surface area contributed by atoms with Crippen LogP contribution in [0.1, 0.15) is 19.3 Å². The molecule has 0 spiro atoms. The minimum atomic E-state index is -0.215. The Kier molecular flexibility index (Phi) is 4.24. The van der Waals surface area contributed by atoms with Gasteiger partial charge in [-0.05, 0) is 25.3 Å². The third kappa shape index (κ3) is 3.35. The lowest BCUT2D eigenvalue weighted by Gasteiger charge is -2.27. The Labute approximate surface area is 114 Å². The van der Waals surface area contributed by atoms with Crippen molar-refractivity contribution in [3.8, 4) is 0 Å². The zero-order valence-corrected chi connectivity index (χ0v) is 11.8. The lowest BCUT2D eigenvalue weighted by molar-refractivity contribution is -0.137. The van der Waals surface area contributed by atoms with Crippen molar-refractivity contribution in [3.63, 3.8) is 0 Å². The molecule has 5 nitrogen and oxygen atoms in total. The Morgan fingerprint density at radius 3 is 2.58 bits per heavy atom. The fourth-order valence-corrected chi connectivity index (χ4v) is 2.61. The SMILES string of the molecule is C=CC(=O)N(C)CC(=O)N(C)C1CCN(C2CC2)C1. The van der Waals surface area contributed by atoms with Crippen molar-refractivity contribution in [2.75, 3.05) is 33.7 Å². The number of hydrogen-bond donors (Lipinski definition) is 0. The summed E-state index contributed by atoms with van der Waals surface area (Å²) in [5.74, 6) is -0.215. The number of likely N-dealkylation sites (tertiary alicyclic amines) is 1. The van der Waals surface area contributed by atoms with E-state index in [4.69, 9.17) is 0 Å². The zero-order chi connectivity index (χ0) is 14.0. The van der Waals surface area contributed by atoms with Crippen LogP contribution < -0.4 is 0 Å². The topological polar surface area (TPSA) is 43.9 Å². The molecule has 1 saturated carbocycles. The van der Waals surface area contributed by atoms with Gasteiger partial charge in [-0.2, -0.15) is 0 Å². The molecule has 5 heteroatoms. The van der Waals surface area contributed by atoms with Crippen LogP contribution in [0, 0.1) is 0 Å². The molecule has 1 aliphatic heterocycles. The maximum atomic E-state index is 12.1. The molecule has 19 heavy (non-hydrogen) atoms. The van der Waals surface area contributed by atoms with E-state index in [1.165, 1.54) is 23.8 Å². The molecule has 0 aromatic carbocycles. The lowest BCUT2D eigenvalue weighted by atomic mass is 10.2. The first-order valence-corrected chi connectivity index (χ1v) is 6.90. The van der Waals surface area contributed by atoms with Gasteiger partial charge in [-0.3, -0.25) is 14.5 Å². The van der Waals surface area contributed by atoms with E-state index in [-0.39, 0.29) is 18.4 Å². The summed E-state index contributed by atoms with van der Waals surface area (Å²) in [5, 5.41) is 0. The Balaban J connectivity index is 1.81. The van der Waals surface area contributed by atoms with Crippen LogP contribution in [-0.2, 0) is 9.59 Å². The number of amides is 2. The molecule has 1 saturated heterocycles. The maximum absolute atomic E-state index is 12.1. The standard InChI is InChI=1S/C14H23N3O2/c1-4-13(18)15(2)10-14(19)16(3)12-7-8-17(9-12)11-5-6-11/h4,11-12H,1,5-10H2,2-3H3. The number of carbonyl (C=O) groups excluding carboxylic acids is 2. The Hall–Kier alpha value is -1.36. The smallest absolute Gasteiger partial charge is 0.246 e. The van der Waals surface area contributed by atoms with Crippen LogP contribution in [0.5, 0.6) is 0 Å². The first kappa shape index (κ1) is 14.1. The molecule has 2 fully saturated rings. The first-order chi connectivity index (χ1) is 9.02. The third-order valence-corrected chi connectivity index (χ3v) is 4.12. The van der Waals surface area contributed by atoms with Gasteiger partial charge in [0, 0.05) is 39.3 Å². The second-order valence-electron chi connectivity index (χ2n) is 5.57. The zero-order valence-electron chi connectivity index (χ0n) is 11.8. The number of hydrogen-bond acceptors (Lipinski definition) is 3. The van der Waals surface area contributed by atoms with Crippen molar-refractivity contribution >= 4 is 11.8 Å². The Morgan fingerprint density at radius 2 is 2.00 bits per heavy atom. The monoisotopic (exact) mass is 265 g/mol. The molecule has 0 aromatic heterocycles. The van der Waals surface area contributed by atoms with Crippen molar-refractivity contribution < 1.29 is 9.59 Å². The molecule has 0 N–H and O–H groups in total. The van der Waals surface area contributed by atoms with E-state index in [1.54, 1.807) is 11.9 Å². The number of carbonyl (C=O) groups is 2. The summed E-state index contributed by atoms with van der Waals surface area (Å²) in [7, 11) is 3.47. The van der Waals surface area contributed by atoms with Crippen molar-refractivity contribution in [1.82, 2.24) is 14.7 Å². The van der Waals surface area contributed by atoms with Gasteiger partial charge in [-0.1, -0.05) is 6.58 Å². The van der Waals surface area contributed by atoms with Crippen LogP contribution in [0.2, 0.25) is 0 Å². The molecule has 1 aliphatic carbocycles. The summed E-state index contributed by atoms with van der Waals surface area (Å²) in [5.41, 5.74) is 0. The van der Waals surface area contributed by atoms with Gasteiger partial charge >= 0.3 is 0 Å². The van der Waals surface area contributed by atoms with Gasteiger partial charge in [0.15, 0.2) is 0 Å². The van der Waals surface area contributed by atoms with Crippen LogP contribution in [0.4, 0.5) is 0 Å². The molecule has 1 unspecified atom stereocenters. The minimum Gasteiger partial charge on any atom is -0.340 e. The summed E-state index contributed by atoms with van der Waals surface area (Å²) >= 11 is 0. The van der Waals surface area contributed by atoms with E-state index in [9.17, 15) is 9.59 Å². The molecule has 106 valence electrons. The fraction of sp³-hybridized carbons (Fsp3) is 0.714. The normalized spacial score (nSPS) is 23.2. The van der Waals surface area contributed by atoms with Gasteiger partial charge in [-0.25, -0.2) is 0 Å². The molecule has 0 radical (unpaired) electrons. The summed E-state index contributed by atoms with van der Waals surface area (Å²) < 4.78 is 0. The average Bonchev–Trinajstić information content (AvgIpc) is 3.14. The van der Waals surface area contributed by atoms with Gasteiger partial charge in [0.25, 0.3) is 0 Å². The molecule has 2 amide bonds. The highest BCUT2D eigenvalue weighted by molar-refractivity contribution is 5.90. The molecule has 0 bridgehead atoms. The molecule has 2 aliphatic rings. The predicted octanol–water partition coefficient (Wildman–Crippen LogP) is 0.326. The van der Waals surface area contributed by atoms with Crippen LogP contribution in [0.15, 0.2) is 12.7 Å². The quantitative estimate of drug-likeness (QED) is 0.673. The van der Waals surface area contributed by atoms with Crippen molar-refractivity contribution in [2.24, 2.45) is 0 Å². The number of likely N-dealkylation sites (N-methyl/N-ethyl adjacent to an activating group) is 2. The highest BCUT2D eigenvalue weighted by atomic mass is 16.2. The highest BCUT2D eigenvalue weighted by Gasteiger charge is 2.36. The summed E-state index contributed by atoms with van der Waals surface area (Å²) in [6, 6.07) is 1.05. The summed E-state index contributed by atoms with van der Waals surface area (Å²) in [6.07, 6.45) is 4.89. The van der Waals surface area contributed by atoms with E-state index in [2.05, 4.69) is 11.5 Å². The van der Waals surface area contributed by atoms with E-state index in [0.717, 1.165) is 25.6 Å². The Morgan fingerprint density at radius 1 is 1.32 bits per heavy atom. The van der Waals surface area contributed by atoms with Crippen molar-refractivity contribution in [1.29, 1.82) is 0 Å². The third-order valence-electron chi connectivity index (χ3n) is 4.12.